The molecule has 0 fully saturated rings. The average molecular weight is 252 g/mol. The third-order valence-corrected chi connectivity index (χ3v) is 3.24. The van der Waals surface area contributed by atoms with Crippen molar-refractivity contribution in [3.05, 3.63) is 22.8 Å². The van der Waals surface area contributed by atoms with E-state index in [1.165, 1.54) is 11.5 Å². The summed E-state index contributed by atoms with van der Waals surface area (Å²) in [5.74, 6) is 2.10. The Hall–Kier alpha value is -1.43. The van der Waals surface area contributed by atoms with E-state index >= 15 is 0 Å². The van der Waals surface area contributed by atoms with Crippen molar-refractivity contribution in [1.29, 1.82) is 0 Å². The van der Waals surface area contributed by atoms with Crippen molar-refractivity contribution in [3.63, 3.8) is 0 Å². The fraction of sp³-hybridized carbons (Fsp3) is 0.545. The molecule has 0 saturated carbocycles. The van der Waals surface area contributed by atoms with Crippen molar-refractivity contribution < 1.29 is 4.52 Å². The molecule has 5 nitrogen and oxygen atoms in total. The summed E-state index contributed by atoms with van der Waals surface area (Å²) in [7, 11) is 0. The number of nitrogens with one attached hydrogen (secondary N) is 1. The van der Waals surface area contributed by atoms with E-state index in [2.05, 4.69) is 33.7 Å². The lowest BCUT2D eigenvalue weighted by Crippen LogP contribution is -2.01. The number of anilines is 1. The van der Waals surface area contributed by atoms with Gasteiger partial charge in [-0.15, -0.1) is 0 Å². The Balaban J connectivity index is 2.02. The van der Waals surface area contributed by atoms with Crippen LogP contribution in [0.1, 0.15) is 42.6 Å². The molecule has 2 heterocycles. The van der Waals surface area contributed by atoms with Gasteiger partial charge in [0.15, 0.2) is 0 Å². The zero-order valence-corrected chi connectivity index (χ0v) is 11.3. The zero-order valence-electron chi connectivity index (χ0n) is 10.4. The highest BCUT2D eigenvalue weighted by atomic mass is 32.1. The van der Waals surface area contributed by atoms with Gasteiger partial charge in [-0.2, -0.15) is 4.37 Å². The first-order chi connectivity index (χ1) is 8.08. The second-order valence-electron chi connectivity index (χ2n) is 4.27. The van der Waals surface area contributed by atoms with Crippen LogP contribution in [0.5, 0.6) is 0 Å². The van der Waals surface area contributed by atoms with Crippen molar-refractivity contribution >= 4 is 16.7 Å². The summed E-state index contributed by atoms with van der Waals surface area (Å²) >= 11 is 1.39. The van der Waals surface area contributed by atoms with Gasteiger partial charge in [0.25, 0.3) is 0 Å². The van der Waals surface area contributed by atoms with Gasteiger partial charge in [0, 0.05) is 29.6 Å². The third-order valence-electron chi connectivity index (χ3n) is 2.56. The van der Waals surface area contributed by atoms with Crippen LogP contribution in [0.3, 0.4) is 0 Å². The van der Waals surface area contributed by atoms with Gasteiger partial charge in [0.1, 0.15) is 11.6 Å². The fourth-order valence-corrected chi connectivity index (χ4v) is 2.16. The van der Waals surface area contributed by atoms with Gasteiger partial charge in [0.2, 0.25) is 5.13 Å². The fourth-order valence-electron chi connectivity index (χ4n) is 1.46. The van der Waals surface area contributed by atoms with Gasteiger partial charge in [-0.05, 0) is 13.8 Å². The normalized spacial score (nSPS) is 11.1. The minimum absolute atomic E-state index is 0.362. The van der Waals surface area contributed by atoms with Crippen LogP contribution in [-0.2, 0) is 6.54 Å². The molecule has 0 aliphatic rings. The van der Waals surface area contributed by atoms with Gasteiger partial charge in [-0.3, -0.25) is 0 Å². The van der Waals surface area contributed by atoms with Crippen LogP contribution in [0.15, 0.2) is 4.52 Å². The molecule has 0 saturated heterocycles. The first-order valence-electron chi connectivity index (χ1n) is 5.57. The zero-order chi connectivity index (χ0) is 12.4. The molecule has 2 rings (SSSR count). The lowest BCUT2D eigenvalue weighted by atomic mass is 10.2. The summed E-state index contributed by atoms with van der Waals surface area (Å²) in [6.07, 6.45) is 0. The Morgan fingerprint density at radius 2 is 2.12 bits per heavy atom. The Morgan fingerprint density at radius 1 is 1.35 bits per heavy atom. The van der Waals surface area contributed by atoms with Gasteiger partial charge < -0.3 is 9.84 Å². The molecule has 0 bridgehead atoms. The Bertz CT molecular complexity index is 484. The lowest BCUT2D eigenvalue weighted by Gasteiger charge is -2.01. The minimum Gasteiger partial charge on any atom is -0.361 e. The summed E-state index contributed by atoms with van der Waals surface area (Å²) in [6.45, 7) is 8.69. The summed E-state index contributed by atoms with van der Waals surface area (Å²) in [5.41, 5.74) is 2.01. The predicted octanol–water partition coefficient (Wildman–Crippen LogP) is 2.88. The highest BCUT2D eigenvalue weighted by Gasteiger charge is 2.11. The van der Waals surface area contributed by atoms with E-state index in [-0.39, 0.29) is 0 Å². The summed E-state index contributed by atoms with van der Waals surface area (Å²) < 4.78 is 9.39. The molecule has 0 atom stereocenters. The molecular formula is C11H16N4OS. The van der Waals surface area contributed by atoms with Crippen molar-refractivity contribution in [2.45, 2.75) is 40.2 Å². The SMILES string of the molecule is Cc1noc(C)c1CNc1nc(C(C)C)ns1. The van der Waals surface area contributed by atoms with Crippen molar-refractivity contribution in [2.75, 3.05) is 5.32 Å². The van der Waals surface area contributed by atoms with E-state index in [0.717, 1.165) is 28.0 Å². The number of hydrogen-bond donors (Lipinski definition) is 1. The van der Waals surface area contributed by atoms with Crippen LogP contribution in [0.25, 0.3) is 0 Å². The Morgan fingerprint density at radius 3 is 2.65 bits per heavy atom. The topological polar surface area (TPSA) is 63.8 Å². The van der Waals surface area contributed by atoms with E-state index in [1.54, 1.807) is 0 Å². The van der Waals surface area contributed by atoms with Crippen LogP contribution < -0.4 is 5.32 Å². The average Bonchev–Trinajstić information content (AvgIpc) is 2.85. The Labute approximate surface area is 104 Å². The molecule has 0 spiro atoms. The summed E-state index contributed by atoms with van der Waals surface area (Å²) in [4.78, 5) is 4.41. The van der Waals surface area contributed by atoms with Gasteiger partial charge in [0.05, 0.1) is 5.69 Å². The molecule has 2 aromatic heterocycles. The van der Waals surface area contributed by atoms with Crippen molar-refractivity contribution in [1.82, 2.24) is 14.5 Å². The largest absolute Gasteiger partial charge is 0.361 e. The van der Waals surface area contributed by atoms with E-state index in [0.29, 0.717) is 12.5 Å². The molecular weight excluding hydrogens is 236 g/mol. The minimum atomic E-state index is 0.362. The molecule has 0 aliphatic carbocycles. The molecule has 2 aromatic rings. The van der Waals surface area contributed by atoms with Crippen molar-refractivity contribution in [2.24, 2.45) is 0 Å². The number of aryl methyl sites for hydroxylation is 2. The third kappa shape index (κ3) is 2.63. The smallest absolute Gasteiger partial charge is 0.202 e. The maximum Gasteiger partial charge on any atom is 0.202 e. The molecule has 0 unspecified atom stereocenters. The van der Waals surface area contributed by atoms with Crippen molar-refractivity contribution in [3.8, 4) is 0 Å². The van der Waals surface area contributed by atoms with Gasteiger partial charge >= 0.3 is 0 Å². The first kappa shape index (κ1) is 12.0. The molecule has 6 heteroatoms. The van der Waals surface area contributed by atoms with E-state index in [9.17, 15) is 0 Å². The Kier molecular flexibility index (Phi) is 3.42. The standard InChI is InChI=1S/C11H16N4OS/c1-6(2)10-13-11(17-15-10)12-5-9-7(3)14-16-8(9)4/h6H,5H2,1-4H3,(H,12,13,15). The maximum atomic E-state index is 5.10. The second kappa shape index (κ2) is 4.83. The van der Waals surface area contributed by atoms with Crippen LogP contribution in [0, 0.1) is 13.8 Å². The number of aromatic nitrogens is 3. The highest BCUT2D eigenvalue weighted by molar-refractivity contribution is 7.09. The summed E-state index contributed by atoms with van der Waals surface area (Å²) in [6, 6.07) is 0. The van der Waals surface area contributed by atoms with E-state index < -0.39 is 0 Å². The van der Waals surface area contributed by atoms with Crippen LogP contribution in [0.2, 0.25) is 0 Å². The van der Waals surface area contributed by atoms with Gasteiger partial charge in [-0.1, -0.05) is 19.0 Å². The summed E-state index contributed by atoms with van der Waals surface area (Å²) in [5, 5.41) is 8.00. The predicted molar refractivity (Wildman–Crippen MR) is 67.3 cm³/mol. The van der Waals surface area contributed by atoms with Gasteiger partial charge in [-0.25, -0.2) is 4.98 Å². The van der Waals surface area contributed by atoms with Crippen LogP contribution in [-0.4, -0.2) is 14.5 Å². The quantitative estimate of drug-likeness (QED) is 0.906. The second-order valence-corrected chi connectivity index (χ2v) is 5.02. The maximum absolute atomic E-state index is 5.10. The van der Waals surface area contributed by atoms with Crippen LogP contribution in [0.4, 0.5) is 5.13 Å². The van der Waals surface area contributed by atoms with E-state index in [1.807, 2.05) is 13.8 Å². The molecule has 1 N–H and O–H groups in total. The molecule has 0 aliphatic heterocycles. The molecule has 0 aromatic carbocycles. The highest BCUT2D eigenvalue weighted by Crippen LogP contribution is 2.19. The number of rotatable bonds is 4. The first-order valence-corrected chi connectivity index (χ1v) is 6.34. The van der Waals surface area contributed by atoms with Crippen LogP contribution >= 0.6 is 11.5 Å². The molecule has 17 heavy (non-hydrogen) atoms. The number of nitrogens with zero attached hydrogens (tertiary/aromatic N) is 3. The van der Waals surface area contributed by atoms with E-state index in [4.69, 9.17) is 4.52 Å². The monoisotopic (exact) mass is 252 g/mol. The molecule has 0 amide bonds. The number of hydrogen-bond acceptors (Lipinski definition) is 6. The lowest BCUT2D eigenvalue weighted by molar-refractivity contribution is 0.392. The molecule has 0 radical (unpaired) electrons. The molecule has 92 valence electrons.